The molecule has 16 heavy (non-hydrogen) atoms. The van der Waals surface area contributed by atoms with Gasteiger partial charge in [0.25, 0.3) is 0 Å². The smallest absolute Gasteiger partial charge is 0.0725 e. The van der Waals surface area contributed by atoms with Crippen LogP contribution in [0.2, 0.25) is 0 Å². The van der Waals surface area contributed by atoms with Crippen molar-refractivity contribution in [3.63, 3.8) is 0 Å². The van der Waals surface area contributed by atoms with Crippen molar-refractivity contribution in [2.24, 2.45) is 17.6 Å². The minimum atomic E-state index is 0.253. The number of ether oxygens (including phenoxy) is 1. The molecule has 2 atom stereocenters. The summed E-state index contributed by atoms with van der Waals surface area (Å²) in [5, 5.41) is 0. The Morgan fingerprint density at radius 1 is 1.12 bits per heavy atom. The van der Waals surface area contributed by atoms with E-state index in [0.717, 1.165) is 18.9 Å². The lowest BCUT2D eigenvalue weighted by Gasteiger charge is -2.35. The molecule has 0 saturated heterocycles. The average molecular weight is 227 g/mol. The van der Waals surface area contributed by atoms with Crippen LogP contribution in [0.15, 0.2) is 0 Å². The second-order valence-corrected chi connectivity index (χ2v) is 5.17. The number of rotatable bonds is 6. The van der Waals surface area contributed by atoms with E-state index in [1.807, 2.05) is 0 Å². The average Bonchev–Trinajstić information content (AvgIpc) is 2.35. The van der Waals surface area contributed by atoms with Gasteiger partial charge in [-0.2, -0.15) is 0 Å². The lowest BCUT2D eigenvalue weighted by atomic mass is 9.76. The SMILES string of the molecule is CCOC(CC)C(N)C1CCC(CC)CC1. The Balaban J connectivity index is 2.39. The monoisotopic (exact) mass is 227 g/mol. The first-order valence-corrected chi connectivity index (χ1v) is 7.10. The van der Waals surface area contributed by atoms with Gasteiger partial charge in [-0.1, -0.05) is 33.1 Å². The zero-order chi connectivity index (χ0) is 12.0. The number of hydrogen-bond acceptors (Lipinski definition) is 2. The van der Waals surface area contributed by atoms with E-state index in [2.05, 4.69) is 20.8 Å². The molecule has 0 aromatic heterocycles. The van der Waals surface area contributed by atoms with Crippen molar-refractivity contribution in [3.8, 4) is 0 Å². The van der Waals surface area contributed by atoms with Crippen LogP contribution in [0.4, 0.5) is 0 Å². The summed E-state index contributed by atoms with van der Waals surface area (Å²) < 4.78 is 5.73. The normalized spacial score (nSPS) is 30.0. The molecule has 0 heterocycles. The van der Waals surface area contributed by atoms with Crippen molar-refractivity contribution in [1.82, 2.24) is 0 Å². The van der Waals surface area contributed by atoms with Crippen molar-refractivity contribution in [2.45, 2.75) is 71.4 Å². The van der Waals surface area contributed by atoms with Gasteiger partial charge in [0.05, 0.1) is 6.10 Å². The molecule has 0 aromatic carbocycles. The quantitative estimate of drug-likeness (QED) is 0.755. The van der Waals surface area contributed by atoms with Crippen LogP contribution in [0, 0.1) is 11.8 Å². The van der Waals surface area contributed by atoms with Crippen molar-refractivity contribution >= 4 is 0 Å². The maximum Gasteiger partial charge on any atom is 0.0725 e. The van der Waals surface area contributed by atoms with Gasteiger partial charge in [-0.05, 0) is 38.0 Å². The molecular formula is C14H29NO. The fourth-order valence-electron chi connectivity index (χ4n) is 3.00. The van der Waals surface area contributed by atoms with Crippen LogP contribution < -0.4 is 5.73 Å². The highest BCUT2D eigenvalue weighted by Gasteiger charge is 2.29. The molecule has 2 unspecified atom stereocenters. The van der Waals surface area contributed by atoms with E-state index >= 15 is 0 Å². The van der Waals surface area contributed by atoms with Gasteiger partial charge in [-0.15, -0.1) is 0 Å². The summed E-state index contributed by atoms with van der Waals surface area (Å²) in [6.07, 6.45) is 8.02. The van der Waals surface area contributed by atoms with Crippen molar-refractivity contribution in [3.05, 3.63) is 0 Å². The van der Waals surface area contributed by atoms with E-state index in [0.29, 0.717) is 5.92 Å². The third kappa shape index (κ3) is 3.74. The standard InChI is InChI=1S/C14H29NO/c1-4-11-7-9-12(10-8-11)14(15)13(5-2)16-6-3/h11-14H,4-10,15H2,1-3H3. The van der Waals surface area contributed by atoms with E-state index in [9.17, 15) is 0 Å². The molecule has 0 aromatic rings. The van der Waals surface area contributed by atoms with Gasteiger partial charge in [0.2, 0.25) is 0 Å². The van der Waals surface area contributed by atoms with Gasteiger partial charge in [-0.3, -0.25) is 0 Å². The second kappa shape index (κ2) is 7.29. The largest absolute Gasteiger partial charge is 0.377 e. The summed E-state index contributed by atoms with van der Waals surface area (Å²) in [5.41, 5.74) is 6.35. The van der Waals surface area contributed by atoms with Crippen LogP contribution in [0.1, 0.15) is 59.3 Å². The van der Waals surface area contributed by atoms with E-state index in [-0.39, 0.29) is 12.1 Å². The van der Waals surface area contributed by atoms with Gasteiger partial charge in [0.15, 0.2) is 0 Å². The van der Waals surface area contributed by atoms with Crippen molar-refractivity contribution in [2.75, 3.05) is 6.61 Å². The molecule has 0 aliphatic heterocycles. The number of hydrogen-bond donors (Lipinski definition) is 1. The molecule has 2 nitrogen and oxygen atoms in total. The lowest BCUT2D eigenvalue weighted by Crippen LogP contribution is -2.43. The Bertz CT molecular complexity index is 176. The Kier molecular flexibility index (Phi) is 6.37. The third-order valence-corrected chi connectivity index (χ3v) is 4.23. The second-order valence-electron chi connectivity index (χ2n) is 5.17. The maximum atomic E-state index is 6.35. The summed E-state index contributed by atoms with van der Waals surface area (Å²) >= 11 is 0. The van der Waals surface area contributed by atoms with Crippen LogP contribution in [0.5, 0.6) is 0 Å². The molecule has 1 aliphatic carbocycles. The zero-order valence-electron chi connectivity index (χ0n) is 11.2. The zero-order valence-corrected chi connectivity index (χ0v) is 11.2. The topological polar surface area (TPSA) is 35.2 Å². The van der Waals surface area contributed by atoms with Crippen molar-refractivity contribution in [1.29, 1.82) is 0 Å². The van der Waals surface area contributed by atoms with Crippen LogP contribution in [-0.4, -0.2) is 18.8 Å². The molecule has 0 amide bonds. The van der Waals surface area contributed by atoms with Crippen LogP contribution >= 0.6 is 0 Å². The fourth-order valence-corrected chi connectivity index (χ4v) is 3.00. The van der Waals surface area contributed by atoms with E-state index in [1.165, 1.54) is 32.1 Å². The fraction of sp³-hybridized carbons (Fsp3) is 1.00. The first-order valence-electron chi connectivity index (χ1n) is 7.10. The number of nitrogens with two attached hydrogens (primary N) is 1. The van der Waals surface area contributed by atoms with E-state index in [1.54, 1.807) is 0 Å². The minimum Gasteiger partial charge on any atom is -0.377 e. The molecule has 0 spiro atoms. The molecular weight excluding hydrogens is 198 g/mol. The molecule has 2 heteroatoms. The van der Waals surface area contributed by atoms with Gasteiger partial charge >= 0.3 is 0 Å². The highest BCUT2D eigenvalue weighted by molar-refractivity contribution is 4.84. The summed E-state index contributed by atoms with van der Waals surface area (Å²) in [6, 6.07) is 0.253. The molecule has 96 valence electrons. The predicted octanol–water partition coefficient (Wildman–Crippen LogP) is 3.35. The van der Waals surface area contributed by atoms with E-state index in [4.69, 9.17) is 10.5 Å². The molecule has 1 aliphatic rings. The Morgan fingerprint density at radius 3 is 2.19 bits per heavy atom. The van der Waals surface area contributed by atoms with Crippen LogP contribution in [-0.2, 0) is 4.74 Å². The van der Waals surface area contributed by atoms with Crippen molar-refractivity contribution < 1.29 is 4.74 Å². The molecule has 2 N–H and O–H groups in total. The first-order chi connectivity index (χ1) is 7.72. The lowest BCUT2D eigenvalue weighted by molar-refractivity contribution is 0.0188. The summed E-state index contributed by atoms with van der Waals surface area (Å²) in [4.78, 5) is 0. The first kappa shape index (κ1) is 14.0. The Morgan fingerprint density at radius 2 is 1.75 bits per heavy atom. The third-order valence-electron chi connectivity index (χ3n) is 4.23. The van der Waals surface area contributed by atoms with Gasteiger partial charge in [0, 0.05) is 12.6 Å². The highest BCUT2D eigenvalue weighted by Crippen LogP contribution is 2.33. The molecule has 1 saturated carbocycles. The molecule has 0 bridgehead atoms. The molecule has 1 rings (SSSR count). The predicted molar refractivity (Wildman–Crippen MR) is 69.4 cm³/mol. The van der Waals surface area contributed by atoms with Crippen LogP contribution in [0.3, 0.4) is 0 Å². The van der Waals surface area contributed by atoms with Crippen LogP contribution in [0.25, 0.3) is 0 Å². The summed E-state index contributed by atoms with van der Waals surface area (Å²) in [6.45, 7) is 7.33. The summed E-state index contributed by atoms with van der Waals surface area (Å²) in [7, 11) is 0. The van der Waals surface area contributed by atoms with Gasteiger partial charge in [-0.25, -0.2) is 0 Å². The Labute approximate surface area is 101 Å². The maximum absolute atomic E-state index is 6.35. The Hall–Kier alpha value is -0.0800. The van der Waals surface area contributed by atoms with Gasteiger partial charge in [0.1, 0.15) is 0 Å². The minimum absolute atomic E-state index is 0.253. The summed E-state index contributed by atoms with van der Waals surface area (Å²) in [5.74, 6) is 1.65. The van der Waals surface area contributed by atoms with E-state index < -0.39 is 0 Å². The van der Waals surface area contributed by atoms with Gasteiger partial charge < -0.3 is 10.5 Å². The highest BCUT2D eigenvalue weighted by atomic mass is 16.5. The molecule has 0 radical (unpaired) electrons. The molecule has 1 fully saturated rings.